The Hall–Kier alpha value is -3.96. The number of rotatable bonds is 7. The van der Waals surface area contributed by atoms with Gasteiger partial charge in [-0.05, 0) is 62.6 Å². The Balaban J connectivity index is 1.30. The summed E-state index contributed by atoms with van der Waals surface area (Å²) in [5, 5.41) is 16.0. The molecule has 2 atom stereocenters. The van der Waals surface area contributed by atoms with Crippen molar-refractivity contribution in [2.24, 2.45) is 5.92 Å². The molecule has 3 aliphatic rings. The summed E-state index contributed by atoms with van der Waals surface area (Å²) >= 11 is 0. The van der Waals surface area contributed by atoms with Crippen LogP contribution in [0.5, 0.6) is 0 Å². The van der Waals surface area contributed by atoms with Crippen LogP contribution in [0.25, 0.3) is 0 Å². The number of aromatic amines is 1. The number of anilines is 1. The predicted molar refractivity (Wildman–Crippen MR) is 122 cm³/mol. The lowest BCUT2D eigenvalue weighted by Crippen LogP contribution is -2.53. The van der Waals surface area contributed by atoms with Crippen LogP contribution in [0.15, 0.2) is 24.5 Å². The van der Waals surface area contributed by atoms with E-state index in [1.165, 1.54) is 12.3 Å². The van der Waals surface area contributed by atoms with E-state index in [1.54, 1.807) is 13.1 Å². The summed E-state index contributed by atoms with van der Waals surface area (Å²) in [6, 6.07) is 2.63. The molecule has 0 radical (unpaired) electrons. The van der Waals surface area contributed by atoms with Gasteiger partial charge in [0.1, 0.15) is 17.1 Å². The van der Waals surface area contributed by atoms with Gasteiger partial charge in [0.05, 0.1) is 17.3 Å². The number of nitrogens with zero attached hydrogens (tertiary/aromatic N) is 4. The lowest BCUT2D eigenvalue weighted by molar-refractivity contribution is -0.120. The van der Waals surface area contributed by atoms with E-state index < -0.39 is 35.3 Å². The van der Waals surface area contributed by atoms with E-state index in [2.05, 4.69) is 31.0 Å². The van der Waals surface area contributed by atoms with Crippen LogP contribution in [0, 0.1) is 12.8 Å². The molecule has 0 saturated heterocycles. The second kappa shape index (κ2) is 8.04. The molecule has 0 unspecified atom stereocenters. The first-order valence-corrected chi connectivity index (χ1v) is 11.8. The number of amides is 2. The fourth-order valence-corrected chi connectivity index (χ4v) is 5.56. The minimum absolute atomic E-state index is 0.0891. The number of hydrogen-bond acceptors (Lipinski definition) is 6. The second-order valence-electron chi connectivity index (χ2n) is 9.73. The number of pyridine rings is 1. The van der Waals surface area contributed by atoms with Crippen molar-refractivity contribution in [2.45, 2.75) is 57.0 Å². The number of ketones is 1. The standard InChI is InChI=1S/C24H23F2N7O3/c1-11-18(20(34)23(36)30-24(4-2-5-24)17-10-28-32-31-17)16-8-12-7-15(12)33(16)19(11)22(35)29-13-3-6-27-14(9-13)21(25)26/h3,6,9-10,12,15,21H,2,4-5,7-8H2,1H3,(H,30,36)(H,27,29,35)(H,28,31,32)/t12-,15-/m1/s1. The van der Waals surface area contributed by atoms with Gasteiger partial charge in [-0.3, -0.25) is 19.4 Å². The van der Waals surface area contributed by atoms with Crippen LogP contribution in [0.4, 0.5) is 14.5 Å². The van der Waals surface area contributed by atoms with Gasteiger partial charge in [-0.1, -0.05) is 0 Å². The predicted octanol–water partition coefficient (Wildman–Crippen LogP) is 2.99. The molecule has 2 fully saturated rings. The zero-order chi connectivity index (χ0) is 25.2. The van der Waals surface area contributed by atoms with Crippen LogP contribution >= 0.6 is 0 Å². The summed E-state index contributed by atoms with van der Waals surface area (Å²) < 4.78 is 27.9. The molecule has 10 nitrogen and oxygen atoms in total. The van der Waals surface area contributed by atoms with Gasteiger partial charge in [0.25, 0.3) is 24.0 Å². The van der Waals surface area contributed by atoms with Crippen molar-refractivity contribution >= 4 is 23.3 Å². The Labute approximate surface area is 203 Å². The molecule has 36 heavy (non-hydrogen) atoms. The molecule has 1 aliphatic heterocycles. The number of hydrogen-bond donors (Lipinski definition) is 3. The highest BCUT2D eigenvalue weighted by molar-refractivity contribution is 6.44. The lowest BCUT2D eigenvalue weighted by atomic mass is 9.74. The van der Waals surface area contributed by atoms with Crippen LogP contribution in [0.3, 0.4) is 0 Å². The number of carbonyl (C=O) groups excluding carboxylic acids is 3. The molecular formula is C24H23F2N7O3. The van der Waals surface area contributed by atoms with Crippen molar-refractivity contribution in [1.29, 1.82) is 0 Å². The van der Waals surface area contributed by atoms with Crippen LogP contribution < -0.4 is 10.6 Å². The number of aromatic nitrogens is 5. The van der Waals surface area contributed by atoms with Crippen LogP contribution in [-0.2, 0) is 16.8 Å². The minimum Gasteiger partial charge on any atom is -0.338 e. The molecular weight excluding hydrogens is 472 g/mol. The molecule has 0 bridgehead atoms. The van der Waals surface area contributed by atoms with Crippen molar-refractivity contribution < 1.29 is 23.2 Å². The van der Waals surface area contributed by atoms with Gasteiger partial charge < -0.3 is 15.2 Å². The maximum absolute atomic E-state index is 13.5. The monoisotopic (exact) mass is 495 g/mol. The summed E-state index contributed by atoms with van der Waals surface area (Å²) in [6.07, 6.45) is 3.65. The van der Waals surface area contributed by atoms with Crippen LogP contribution in [0.2, 0.25) is 0 Å². The van der Waals surface area contributed by atoms with Crippen molar-refractivity contribution in [3.05, 3.63) is 58.4 Å². The first-order chi connectivity index (χ1) is 17.3. The molecule has 3 aromatic heterocycles. The highest BCUT2D eigenvalue weighted by Crippen LogP contribution is 2.54. The summed E-state index contributed by atoms with van der Waals surface area (Å²) in [4.78, 5) is 43.5. The zero-order valence-electron chi connectivity index (χ0n) is 19.3. The number of halogens is 2. The minimum atomic E-state index is -2.77. The van der Waals surface area contributed by atoms with E-state index in [0.29, 0.717) is 42.1 Å². The number of carbonyl (C=O) groups is 3. The van der Waals surface area contributed by atoms with E-state index in [-0.39, 0.29) is 23.0 Å². The summed E-state index contributed by atoms with van der Waals surface area (Å²) in [6.45, 7) is 1.64. The van der Waals surface area contributed by atoms with Crippen molar-refractivity contribution in [1.82, 2.24) is 30.3 Å². The maximum atomic E-state index is 13.5. The van der Waals surface area contributed by atoms with Crippen LogP contribution in [-0.4, -0.2) is 42.6 Å². The zero-order valence-corrected chi connectivity index (χ0v) is 19.3. The molecule has 3 aromatic rings. The SMILES string of the molecule is Cc1c(C(=O)C(=O)NC2(c3cn[nH]n3)CCC2)c2n(c1C(=O)Nc1ccnc(C(F)F)c1)[C@@H]1C[C@@H]1C2. The lowest BCUT2D eigenvalue weighted by Gasteiger charge is -2.40. The average molecular weight is 495 g/mol. The number of Topliss-reactive ketones (excluding diaryl/α,β-unsaturated/α-hetero) is 1. The number of fused-ring (bicyclic) bond motifs is 3. The molecule has 186 valence electrons. The summed E-state index contributed by atoms with van der Waals surface area (Å²) in [5.74, 6) is -1.65. The normalized spacial score (nSPS) is 20.9. The molecule has 2 aliphatic carbocycles. The Morgan fingerprint density at radius 2 is 2.08 bits per heavy atom. The quantitative estimate of drug-likeness (QED) is 0.341. The van der Waals surface area contributed by atoms with Gasteiger partial charge in [-0.25, -0.2) is 8.78 Å². The first-order valence-electron chi connectivity index (χ1n) is 11.8. The number of H-pyrrole nitrogens is 1. The topological polar surface area (TPSA) is 135 Å². The highest BCUT2D eigenvalue weighted by Gasteiger charge is 2.51. The molecule has 12 heteroatoms. The van der Waals surface area contributed by atoms with Gasteiger partial charge in [0, 0.05) is 23.6 Å². The Morgan fingerprint density at radius 1 is 1.28 bits per heavy atom. The molecule has 3 N–H and O–H groups in total. The van der Waals surface area contributed by atoms with Crippen LogP contribution in [0.1, 0.15) is 81.6 Å². The molecule has 2 amide bonds. The Kier molecular flexibility index (Phi) is 5.02. The summed E-state index contributed by atoms with van der Waals surface area (Å²) in [5.41, 5.74) is 1.16. The first kappa shape index (κ1) is 22.5. The van der Waals surface area contributed by atoms with Gasteiger partial charge >= 0.3 is 0 Å². The third-order valence-electron chi connectivity index (χ3n) is 7.60. The highest BCUT2D eigenvalue weighted by atomic mass is 19.3. The van der Waals surface area contributed by atoms with Gasteiger partial charge in [0.2, 0.25) is 0 Å². The summed E-state index contributed by atoms with van der Waals surface area (Å²) in [7, 11) is 0. The van der Waals surface area contributed by atoms with Crippen molar-refractivity contribution in [3.8, 4) is 0 Å². The average Bonchev–Trinajstić information content (AvgIpc) is 3.13. The third-order valence-corrected chi connectivity index (χ3v) is 7.60. The van der Waals surface area contributed by atoms with E-state index in [1.807, 2.05) is 4.57 Å². The van der Waals surface area contributed by atoms with Crippen molar-refractivity contribution in [3.63, 3.8) is 0 Å². The fourth-order valence-electron chi connectivity index (χ4n) is 5.56. The largest absolute Gasteiger partial charge is 0.338 e. The van der Waals surface area contributed by atoms with E-state index in [4.69, 9.17) is 0 Å². The Morgan fingerprint density at radius 3 is 2.75 bits per heavy atom. The van der Waals surface area contributed by atoms with E-state index in [0.717, 1.165) is 18.9 Å². The molecule has 6 rings (SSSR count). The molecule has 0 aromatic carbocycles. The maximum Gasteiger partial charge on any atom is 0.293 e. The molecule has 2 saturated carbocycles. The number of alkyl halides is 2. The third kappa shape index (κ3) is 3.42. The smallest absolute Gasteiger partial charge is 0.293 e. The van der Waals surface area contributed by atoms with E-state index in [9.17, 15) is 23.2 Å². The number of nitrogens with one attached hydrogen (secondary N) is 3. The Bertz CT molecular complexity index is 1390. The molecule has 0 spiro atoms. The van der Waals surface area contributed by atoms with Gasteiger partial charge in [-0.2, -0.15) is 15.4 Å². The van der Waals surface area contributed by atoms with Gasteiger partial charge in [-0.15, -0.1) is 0 Å². The van der Waals surface area contributed by atoms with Gasteiger partial charge in [0.15, 0.2) is 0 Å². The fraction of sp³-hybridized carbons (Fsp3) is 0.417. The second-order valence-corrected chi connectivity index (χ2v) is 9.73. The molecule has 4 heterocycles. The van der Waals surface area contributed by atoms with Crippen molar-refractivity contribution in [2.75, 3.05) is 5.32 Å². The van der Waals surface area contributed by atoms with E-state index >= 15 is 0 Å².